The molecule has 0 aromatic heterocycles. The molecule has 0 N–H and O–H groups in total. The standard InChI is InChI=1S/C12H6ClF2NO5S/c13-9-3-1-8(15)6-12(9)22(19,20)21-11-5-7(14)2-4-10(11)16(17)18/h1-6H. The zero-order valence-corrected chi connectivity index (χ0v) is 12.1. The van der Waals surface area contributed by atoms with Crippen LogP contribution in [0.5, 0.6) is 5.75 Å². The van der Waals surface area contributed by atoms with Crippen molar-refractivity contribution in [2.45, 2.75) is 4.90 Å². The summed E-state index contributed by atoms with van der Waals surface area (Å²) in [6.45, 7) is 0. The molecule has 2 rings (SSSR count). The zero-order valence-electron chi connectivity index (χ0n) is 10.5. The van der Waals surface area contributed by atoms with Crippen molar-refractivity contribution in [2.24, 2.45) is 0 Å². The van der Waals surface area contributed by atoms with Gasteiger partial charge < -0.3 is 4.18 Å². The quantitative estimate of drug-likeness (QED) is 0.480. The lowest BCUT2D eigenvalue weighted by Crippen LogP contribution is -2.12. The number of halogens is 3. The van der Waals surface area contributed by atoms with Gasteiger partial charge in [-0.25, -0.2) is 8.78 Å². The van der Waals surface area contributed by atoms with E-state index in [0.29, 0.717) is 12.1 Å². The predicted molar refractivity (Wildman–Crippen MR) is 72.3 cm³/mol. The van der Waals surface area contributed by atoms with Gasteiger partial charge in [-0.1, -0.05) is 11.6 Å². The first kappa shape index (κ1) is 16.1. The molecular weight excluding hydrogens is 344 g/mol. The third-order valence-corrected chi connectivity index (χ3v) is 4.20. The topological polar surface area (TPSA) is 86.5 Å². The normalized spacial score (nSPS) is 11.2. The van der Waals surface area contributed by atoms with Crippen LogP contribution in [0.1, 0.15) is 0 Å². The number of benzene rings is 2. The van der Waals surface area contributed by atoms with E-state index in [1.165, 1.54) is 0 Å². The van der Waals surface area contributed by atoms with Gasteiger partial charge in [0.25, 0.3) is 0 Å². The fourth-order valence-corrected chi connectivity index (χ4v) is 2.96. The Morgan fingerprint density at radius 2 is 1.68 bits per heavy atom. The molecule has 0 atom stereocenters. The van der Waals surface area contributed by atoms with Crippen molar-refractivity contribution in [1.29, 1.82) is 0 Å². The second-order valence-electron chi connectivity index (χ2n) is 3.98. The number of nitrogens with zero attached hydrogens (tertiary/aromatic N) is 1. The molecule has 0 saturated carbocycles. The number of hydrogen-bond donors (Lipinski definition) is 0. The van der Waals surface area contributed by atoms with Crippen LogP contribution in [0.3, 0.4) is 0 Å². The summed E-state index contributed by atoms with van der Waals surface area (Å²) < 4.78 is 54.9. The molecule has 0 bridgehead atoms. The van der Waals surface area contributed by atoms with Crippen LogP contribution >= 0.6 is 11.6 Å². The molecule has 0 heterocycles. The average Bonchev–Trinajstić information content (AvgIpc) is 2.40. The van der Waals surface area contributed by atoms with E-state index in [1.54, 1.807) is 0 Å². The third-order valence-electron chi connectivity index (χ3n) is 2.48. The number of rotatable bonds is 4. The minimum absolute atomic E-state index is 0.347. The van der Waals surface area contributed by atoms with Gasteiger partial charge in [0, 0.05) is 12.1 Å². The summed E-state index contributed by atoms with van der Waals surface area (Å²) in [6, 6.07) is 4.53. The SMILES string of the molecule is O=[N+]([O-])c1ccc(F)cc1OS(=O)(=O)c1cc(F)ccc1Cl. The maximum absolute atomic E-state index is 13.1. The first-order valence-corrected chi connectivity index (χ1v) is 7.33. The van der Waals surface area contributed by atoms with Crippen LogP contribution in [0.25, 0.3) is 0 Å². The number of nitro benzene ring substituents is 1. The van der Waals surface area contributed by atoms with E-state index in [1.807, 2.05) is 0 Å². The van der Waals surface area contributed by atoms with Crippen LogP contribution in [-0.2, 0) is 10.1 Å². The van der Waals surface area contributed by atoms with Crippen LogP contribution in [0.4, 0.5) is 14.5 Å². The molecule has 0 aliphatic carbocycles. The second kappa shape index (κ2) is 5.85. The van der Waals surface area contributed by atoms with Gasteiger partial charge in [-0.2, -0.15) is 8.42 Å². The maximum Gasteiger partial charge on any atom is 0.341 e. The van der Waals surface area contributed by atoms with Gasteiger partial charge in [-0.3, -0.25) is 10.1 Å². The molecule has 10 heteroatoms. The van der Waals surface area contributed by atoms with Crippen molar-refractivity contribution in [3.05, 3.63) is 63.2 Å². The molecule has 2 aromatic carbocycles. The molecule has 0 amide bonds. The van der Waals surface area contributed by atoms with Crippen molar-refractivity contribution >= 4 is 27.4 Å². The minimum Gasteiger partial charge on any atom is -0.371 e. The predicted octanol–water partition coefficient (Wildman–Crippen LogP) is 3.29. The molecule has 2 aromatic rings. The van der Waals surface area contributed by atoms with E-state index in [-0.39, 0.29) is 5.02 Å². The highest BCUT2D eigenvalue weighted by Gasteiger charge is 2.26. The second-order valence-corrected chi connectivity index (χ2v) is 5.90. The maximum atomic E-state index is 13.1. The summed E-state index contributed by atoms with van der Waals surface area (Å²) in [6.07, 6.45) is 0. The van der Waals surface area contributed by atoms with Crippen molar-refractivity contribution < 1.29 is 26.3 Å². The molecule has 22 heavy (non-hydrogen) atoms. The first-order valence-electron chi connectivity index (χ1n) is 5.54. The highest BCUT2D eigenvalue weighted by molar-refractivity contribution is 7.87. The summed E-state index contributed by atoms with van der Waals surface area (Å²) >= 11 is 5.65. The Morgan fingerprint density at radius 1 is 1.09 bits per heavy atom. The molecule has 0 spiro atoms. The summed E-state index contributed by atoms with van der Waals surface area (Å²) in [5.74, 6) is -2.69. The van der Waals surface area contributed by atoms with Crippen molar-refractivity contribution in [1.82, 2.24) is 0 Å². The average molecular weight is 350 g/mol. The van der Waals surface area contributed by atoms with Gasteiger partial charge in [-0.15, -0.1) is 0 Å². The van der Waals surface area contributed by atoms with Crippen LogP contribution in [0, 0.1) is 21.7 Å². The number of hydrogen-bond acceptors (Lipinski definition) is 5. The Kier molecular flexibility index (Phi) is 4.29. The molecule has 116 valence electrons. The Balaban J connectivity index is 2.52. The lowest BCUT2D eigenvalue weighted by Gasteiger charge is -2.09. The van der Waals surface area contributed by atoms with E-state index in [9.17, 15) is 27.3 Å². The summed E-state index contributed by atoms with van der Waals surface area (Å²) in [4.78, 5) is 9.12. The zero-order chi connectivity index (χ0) is 16.5. The van der Waals surface area contributed by atoms with Crippen LogP contribution in [0.15, 0.2) is 41.3 Å². The lowest BCUT2D eigenvalue weighted by atomic mass is 10.3. The van der Waals surface area contributed by atoms with Crippen molar-refractivity contribution in [2.75, 3.05) is 0 Å². The lowest BCUT2D eigenvalue weighted by molar-refractivity contribution is -0.385. The molecule has 0 aliphatic rings. The molecule has 6 nitrogen and oxygen atoms in total. The van der Waals surface area contributed by atoms with Gasteiger partial charge in [0.1, 0.15) is 16.5 Å². The largest absolute Gasteiger partial charge is 0.371 e. The van der Waals surface area contributed by atoms with E-state index >= 15 is 0 Å². The van der Waals surface area contributed by atoms with Gasteiger partial charge in [0.05, 0.1) is 9.95 Å². The van der Waals surface area contributed by atoms with Crippen molar-refractivity contribution in [3.8, 4) is 5.75 Å². The highest BCUT2D eigenvalue weighted by Crippen LogP contribution is 2.32. The van der Waals surface area contributed by atoms with E-state index in [2.05, 4.69) is 4.18 Å². The fraction of sp³-hybridized carbons (Fsp3) is 0. The van der Waals surface area contributed by atoms with Crippen LogP contribution in [0.2, 0.25) is 5.02 Å². The smallest absolute Gasteiger partial charge is 0.341 e. The fourth-order valence-electron chi connectivity index (χ4n) is 1.54. The van der Waals surface area contributed by atoms with Crippen molar-refractivity contribution in [3.63, 3.8) is 0 Å². The molecule has 0 saturated heterocycles. The van der Waals surface area contributed by atoms with Gasteiger partial charge >= 0.3 is 15.8 Å². The van der Waals surface area contributed by atoms with Gasteiger partial charge in [-0.05, 0) is 24.3 Å². The Morgan fingerprint density at radius 3 is 2.32 bits per heavy atom. The number of nitro groups is 1. The highest BCUT2D eigenvalue weighted by atomic mass is 35.5. The molecular formula is C12H6ClF2NO5S. The molecule has 0 aliphatic heterocycles. The minimum atomic E-state index is -4.68. The summed E-state index contributed by atoms with van der Waals surface area (Å²) in [5.41, 5.74) is -0.766. The summed E-state index contributed by atoms with van der Waals surface area (Å²) in [7, 11) is -4.68. The van der Waals surface area contributed by atoms with E-state index < -0.39 is 43.0 Å². The Hall–Kier alpha value is -2.26. The van der Waals surface area contributed by atoms with Crippen LogP contribution < -0.4 is 4.18 Å². The Bertz CT molecular complexity index is 857. The van der Waals surface area contributed by atoms with E-state index in [0.717, 1.165) is 24.3 Å². The monoisotopic (exact) mass is 349 g/mol. The van der Waals surface area contributed by atoms with E-state index in [4.69, 9.17) is 11.6 Å². The van der Waals surface area contributed by atoms with Crippen LogP contribution in [-0.4, -0.2) is 13.3 Å². The molecule has 0 unspecified atom stereocenters. The molecule has 0 fully saturated rings. The molecule has 0 radical (unpaired) electrons. The first-order chi connectivity index (χ1) is 10.2. The van der Waals surface area contributed by atoms with Gasteiger partial charge in [0.15, 0.2) is 0 Å². The van der Waals surface area contributed by atoms with Gasteiger partial charge in [0.2, 0.25) is 5.75 Å². The summed E-state index contributed by atoms with van der Waals surface area (Å²) in [5, 5.41) is 10.5. The Labute approximate surface area is 128 Å². The third kappa shape index (κ3) is 3.31.